The third kappa shape index (κ3) is 2.96. The molecule has 106 valence electrons. The van der Waals surface area contributed by atoms with Gasteiger partial charge in [0, 0.05) is 19.2 Å². The van der Waals surface area contributed by atoms with Crippen molar-refractivity contribution < 1.29 is 8.78 Å². The van der Waals surface area contributed by atoms with Gasteiger partial charge in [0.1, 0.15) is 0 Å². The third-order valence-electron chi connectivity index (χ3n) is 4.13. The summed E-state index contributed by atoms with van der Waals surface area (Å²) in [5.74, 6) is -1.57. The van der Waals surface area contributed by atoms with Crippen molar-refractivity contribution in [3.05, 3.63) is 17.7 Å². The monoisotopic (exact) mass is 269 g/mol. The highest BCUT2D eigenvalue weighted by atomic mass is 19.1. The van der Waals surface area contributed by atoms with Crippen LogP contribution in [-0.2, 0) is 0 Å². The van der Waals surface area contributed by atoms with E-state index in [-0.39, 0.29) is 17.7 Å². The molecule has 3 nitrogen and oxygen atoms in total. The van der Waals surface area contributed by atoms with Gasteiger partial charge >= 0.3 is 0 Å². The molecule has 0 radical (unpaired) electrons. The molecule has 5 heteroatoms. The molecule has 0 bridgehead atoms. The summed E-state index contributed by atoms with van der Waals surface area (Å²) in [4.78, 5) is 5.63. The van der Waals surface area contributed by atoms with Crippen molar-refractivity contribution in [2.75, 3.05) is 17.7 Å². The number of hydrogen-bond donors (Lipinski definition) is 1. The van der Waals surface area contributed by atoms with Gasteiger partial charge in [0.15, 0.2) is 23.3 Å². The minimum Gasteiger partial charge on any atom is -0.381 e. The molecular formula is C14H21F2N3. The number of halogens is 2. The van der Waals surface area contributed by atoms with Gasteiger partial charge in [-0.1, -0.05) is 13.8 Å². The molecule has 2 N–H and O–H groups in total. The van der Waals surface area contributed by atoms with Crippen molar-refractivity contribution in [3.63, 3.8) is 0 Å². The Balaban J connectivity index is 2.16. The zero-order chi connectivity index (χ0) is 14.2. The van der Waals surface area contributed by atoms with Gasteiger partial charge in [-0.2, -0.15) is 0 Å². The van der Waals surface area contributed by atoms with Gasteiger partial charge < -0.3 is 10.6 Å². The Bertz CT molecular complexity index is 464. The van der Waals surface area contributed by atoms with Crippen molar-refractivity contribution in [2.45, 2.75) is 45.6 Å². The normalized spacial score (nSPS) is 19.4. The standard InChI is InChI=1S/C14H21F2N3/c1-14(2)6-4-9(5-7-14)19(3)13-11(16)8-10(15)12(17)18-13/h8-9H,4-7H2,1-3H3,(H2,17,18). The topological polar surface area (TPSA) is 42.2 Å². The molecule has 0 atom stereocenters. The fourth-order valence-corrected chi connectivity index (χ4v) is 2.66. The maximum Gasteiger partial charge on any atom is 0.168 e. The summed E-state index contributed by atoms with van der Waals surface area (Å²) in [6.45, 7) is 4.50. The Morgan fingerprint density at radius 3 is 2.42 bits per heavy atom. The number of pyridine rings is 1. The second-order valence-corrected chi connectivity index (χ2v) is 6.17. The molecule has 0 unspecified atom stereocenters. The quantitative estimate of drug-likeness (QED) is 0.895. The van der Waals surface area contributed by atoms with Crippen LogP contribution in [0.1, 0.15) is 39.5 Å². The van der Waals surface area contributed by atoms with Crippen LogP contribution in [0.25, 0.3) is 0 Å². The van der Waals surface area contributed by atoms with Gasteiger partial charge in [-0.3, -0.25) is 0 Å². The average Bonchev–Trinajstić information content (AvgIpc) is 2.33. The Kier molecular flexibility index (Phi) is 3.65. The first-order valence-corrected chi connectivity index (χ1v) is 6.64. The maximum absolute atomic E-state index is 13.8. The minimum absolute atomic E-state index is 0.142. The van der Waals surface area contributed by atoms with Gasteiger partial charge in [0.2, 0.25) is 0 Å². The van der Waals surface area contributed by atoms with E-state index in [4.69, 9.17) is 5.73 Å². The molecule has 0 aromatic carbocycles. The second-order valence-electron chi connectivity index (χ2n) is 6.17. The van der Waals surface area contributed by atoms with Crippen LogP contribution in [0.5, 0.6) is 0 Å². The largest absolute Gasteiger partial charge is 0.381 e. The van der Waals surface area contributed by atoms with Crippen LogP contribution >= 0.6 is 0 Å². The lowest BCUT2D eigenvalue weighted by Gasteiger charge is -2.39. The highest BCUT2D eigenvalue weighted by Crippen LogP contribution is 2.37. The summed E-state index contributed by atoms with van der Waals surface area (Å²) in [6.07, 6.45) is 4.17. The molecule has 1 aliphatic carbocycles. The molecular weight excluding hydrogens is 248 g/mol. The Morgan fingerprint density at radius 2 is 1.84 bits per heavy atom. The van der Waals surface area contributed by atoms with E-state index in [0.717, 1.165) is 31.7 Å². The number of aromatic nitrogens is 1. The Hall–Kier alpha value is -1.39. The minimum atomic E-state index is -0.806. The fourth-order valence-electron chi connectivity index (χ4n) is 2.66. The lowest BCUT2D eigenvalue weighted by atomic mass is 9.75. The van der Waals surface area contributed by atoms with Crippen LogP contribution < -0.4 is 10.6 Å². The number of nitrogen functional groups attached to an aromatic ring is 1. The number of anilines is 2. The van der Waals surface area contributed by atoms with Gasteiger partial charge in [-0.15, -0.1) is 0 Å². The van der Waals surface area contributed by atoms with E-state index in [0.29, 0.717) is 5.41 Å². The van der Waals surface area contributed by atoms with Crippen LogP contribution in [0, 0.1) is 17.0 Å². The summed E-state index contributed by atoms with van der Waals surface area (Å²) in [7, 11) is 1.80. The predicted octanol–water partition coefficient (Wildman–Crippen LogP) is 3.35. The van der Waals surface area contributed by atoms with E-state index >= 15 is 0 Å². The number of nitrogens with two attached hydrogens (primary N) is 1. The van der Waals surface area contributed by atoms with E-state index in [9.17, 15) is 8.78 Å². The number of rotatable bonds is 2. The third-order valence-corrected chi connectivity index (χ3v) is 4.13. The number of nitrogens with zero attached hydrogens (tertiary/aromatic N) is 2. The number of hydrogen-bond acceptors (Lipinski definition) is 3. The molecule has 0 spiro atoms. The van der Waals surface area contributed by atoms with Gasteiger partial charge in [0.05, 0.1) is 0 Å². The molecule has 0 saturated heterocycles. The van der Waals surface area contributed by atoms with Crippen molar-refractivity contribution >= 4 is 11.6 Å². The summed E-state index contributed by atoms with van der Waals surface area (Å²) in [5, 5.41) is 0. The van der Waals surface area contributed by atoms with E-state index in [1.54, 1.807) is 11.9 Å². The van der Waals surface area contributed by atoms with Gasteiger partial charge in [0.25, 0.3) is 0 Å². The van der Waals surface area contributed by atoms with Crippen LogP contribution in [0.3, 0.4) is 0 Å². The smallest absolute Gasteiger partial charge is 0.168 e. The SMILES string of the molecule is CN(c1nc(N)c(F)cc1F)C1CCC(C)(C)CC1. The highest BCUT2D eigenvalue weighted by Gasteiger charge is 2.30. The second kappa shape index (κ2) is 4.94. The molecule has 2 rings (SSSR count). The molecule has 1 heterocycles. The van der Waals surface area contributed by atoms with Gasteiger partial charge in [-0.25, -0.2) is 13.8 Å². The van der Waals surface area contributed by atoms with E-state index in [2.05, 4.69) is 18.8 Å². The van der Waals surface area contributed by atoms with E-state index in [1.807, 2.05) is 0 Å². The van der Waals surface area contributed by atoms with Crippen LogP contribution in [-0.4, -0.2) is 18.1 Å². The first kappa shape index (κ1) is 14.0. The van der Waals surface area contributed by atoms with Crippen LogP contribution in [0.15, 0.2) is 6.07 Å². The molecule has 0 amide bonds. The summed E-state index contributed by atoms with van der Waals surface area (Å²) in [6, 6.07) is 1.04. The first-order chi connectivity index (χ1) is 8.80. The van der Waals surface area contributed by atoms with Crippen molar-refractivity contribution in [2.24, 2.45) is 5.41 Å². The van der Waals surface area contributed by atoms with Gasteiger partial charge in [-0.05, 0) is 31.1 Å². The molecule has 1 aromatic rings. The average molecular weight is 269 g/mol. The molecule has 19 heavy (non-hydrogen) atoms. The van der Waals surface area contributed by atoms with Crippen molar-refractivity contribution in [1.82, 2.24) is 4.98 Å². The molecule has 1 fully saturated rings. The fraction of sp³-hybridized carbons (Fsp3) is 0.643. The summed E-state index contributed by atoms with van der Waals surface area (Å²) < 4.78 is 26.9. The van der Waals surface area contributed by atoms with Crippen LogP contribution in [0.2, 0.25) is 0 Å². The zero-order valence-electron chi connectivity index (χ0n) is 11.7. The highest BCUT2D eigenvalue weighted by molar-refractivity contribution is 5.47. The van der Waals surface area contributed by atoms with Crippen molar-refractivity contribution in [3.8, 4) is 0 Å². The maximum atomic E-state index is 13.8. The molecule has 1 aromatic heterocycles. The zero-order valence-corrected chi connectivity index (χ0v) is 11.7. The summed E-state index contributed by atoms with van der Waals surface area (Å²) in [5.41, 5.74) is 5.77. The molecule has 0 aliphatic heterocycles. The molecule has 1 saturated carbocycles. The van der Waals surface area contributed by atoms with E-state index in [1.165, 1.54) is 0 Å². The Morgan fingerprint density at radius 1 is 1.26 bits per heavy atom. The van der Waals surface area contributed by atoms with Crippen molar-refractivity contribution in [1.29, 1.82) is 0 Å². The predicted molar refractivity (Wildman–Crippen MR) is 73.0 cm³/mol. The van der Waals surface area contributed by atoms with E-state index < -0.39 is 11.6 Å². The summed E-state index contributed by atoms with van der Waals surface area (Å²) >= 11 is 0. The lowest BCUT2D eigenvalue weighted by Crippen LogP contribution is -2.38. The van der Waals surface area contributed by atoms with Crippen LogP contribution in [0.4, 0.5) is 20.4 Å². The lowest BCUT2D eigenvalue weighted by molar-refractivity contribution is 0.222. The first-order valence-electron chi connectivity index (χ1n) is 6.64. The Labute approximate surface area is 112 Å². The molecule has 1 aliphatic rings.